The van der Waals surface area contributed by atoms with Gasteiger partial charge in [0.15, 0.2) is 11.6 Å². The minimum atomic E-state index is -0.739. The molecule has 0 amide bonds. The number of fused-ring (bicyclic) bond motifs is 1. The van der Waals surface area contributed by atoms with Crippen LogP contribution in [0, 0.1) is 35.3 Å². The summed E-state index contributed by atoms with van der Waals surface area (Å²) in [6.07, 6.45) is 17.8. The van der Waals surface area contributed by atoms with E-state index >= 15 is 8.78 Å². The fraction of sp³-hybridized carbons (Fsp3) is 0.548. The van der Waals surface area contributed by atoms with Gasteiger partial charge in [0.25, 0.3) is 0 Å². The van der Waals surface area contributed by atoms with E-state index in [2.05, 4.69) is 26.0 Å². The van der Waals surface area contributed by atoms with Crippen molar-refractivity contribution in [3.05, 3.63) is 65.8 Å². The molecule has 0 heterocycles. The largest absolute Gasteiger partial charge is 0.490 e. The van der Waals surface area contributed by atoms with Crippen LogP contribution < -0.4 is 4.74 Å². The zero-order valence-corrected chi connectivity index (χ0v) is 21.0. The SMILES string of the molecule is C/C=C/COc1ccc2cc(C3CCC(C(C)C4CCC(/C=C/C)CC4)CC3)c(F)c(F)c2c1. The molecule has 0 aliphatic heterocycles. The maximum absolute atomic E-state index is 15.2. The van der Waals surface area contributed by atoms with E-state index in [0.717, 1.165) is 48.8 Å². The quantitative estimate of drug-likeness (QED) is 0.369. The number of benzene rings is 2. The lowest BCUT2D eigenvalue weighted by Crippen LogP contribution is -2.28. The van der Waals surface area contributed by atoms with E-state index in [0.29, 0.717) is 29.2 Å². The third-order valence-corrected chi connectivity index (χ3v) is 8.58. The lowest BCUT2D eigenvalue weighted by Gasteiger charge is -2.39. The molecule has 2 fully saturated rings. The Morgan fingerprint density at radius 2 is 1.56 bits per heavy atom. The van der Waals surface area contributed by atoms with Gasteiger partial charge in [-0.15, -0.1) is 0 Å². The second-order valence-electron chi connectivity index (χ2n) is 10.5. The highest BCUT2D eigenvalue weighted by Gasteiger charge is 2.33. The van der Waals surface area contributed by atoms with Crippen molar-refractivity contribution in [3.8, 4) is 5.75 Å². The number of hydrogen-bond acceptors (Lipinski definition) is 1. The van der Waals surface area contributed by atoms with E-state index in [1.165, 1.54) is 25.7 Å². The molecule has 1 atom stereocenters. The molecule has 2 saturated carbocycles. The van der Waals surface area contributed by atoms with Gasteiger partial charge in [0.1, 0.15) is 12.4 Å². The molecule has 34 heavy (non-hydrogen) atoms. The Balaban J connectivity index is 1.40. The Kier molecular flexibility index (Phi) is 8.45. The number of rotatable bonds is 7. The molecule has 4 rings (SSSR count). The summed E-state index contributed by atoms with van der Waals surface area (Å²) >= 11 is 0. The third-order valence-electron chi connectivity index (χ3n) is 8.58. The lowest BCUT2D eigenvalue weighted by atomic mass is 9.67. The van der Waals surface area contributed by atoms with Crippen molar-refractivity contribution in [2.24, 2.45) is 23.7 Å². The van der Waals surface area contributed by atoms with Gasteiger partial charge in [0.2, 0.25) is 0 Å². The van der Waals surface area contributed by atoms with Crippen molar-refractivity contribution in [3.63, 3.8) is 0 Å². The second-order valence-corrected chi connectivity index (χ2v) is 10.5. The number of halogens is 2. The first kappa shape index (κ1) is 24.9. The smallest absolute Gasteiger partial charge is 0.167 e. The molecule has 0 aromatic heterocycles. The molecule has 1 nitrogen and oxygen atoms in total. The third kappa shape index (κ3) is 5.56. The fourth-order valence-electron chi connectivity index (χ4n) is 6.43. The molecule has 2 aliphatic carbocycles. The second kappa shape index (κ2) is 11.5. The van der Waals surface area contributed by atoms with Crippen LogP contribution in [0.25, 0.3) is 10.8 Å². The van der Waals surface area contributed by atoms with E-state index in [9.17, 15) is 0 Å². The molecule has 0 spiro atoms. The highest BCUT2D eigenvalue weighted by atomic mass is 19.2. The molecular formula is C31H40F2O. The monoisotopic (exact) mass is 466 g/mol. The molecule has 2 aromatic rings. The molecule has 3 heteroatoms. The van der Waals surface area contributed by atoms with Gasteiger partial charge >= 0.3 is 0 Å². The highest BCUT2D eigenvalue weighted by Crippen LogP contribution is 2.45. The van der Waals surface area contributed by atoms with Gasteiger partial charge in [-0.05, 0) is 124 Å². The summed E-state index contributed by atoms with van der Waals surface area (Å²) < 4.78 is 35.9. The molecule has 184 valence electrons. The van der Waals surface area contributed by atoms with E-state index in [4.69, 9.17) is 4.74 Å². The average Bonchev–Trinajstić information content (AvgIpc) is 2.87. The van der Waals surface area contributed by atoms with Crippen LogP contribution in [0.5, 0.6) is 5.75 Å². The molecule has 1 unspecified atom stereocenters. The number of ether oxygens (including phenoxy) is 1. The molecule has 2 aliphatic rings. The van der Waals surface area contributed by atoms with Crippen LogP contribution in [0.3, 0.4) is 0 Å². The van der Waals surface area contributed by atoms with Crippen LogP contribution in [0.1, 0.15) is 83.6 Å². The lowest BCUT2D eigenvalue weighted by molar-refractivity contribution is 0.142. The Morgan fingerprint density at radius 1 is 0.882 bits per heavy atom. The fourth-order valence-corrected chi connectivity index (χ4v) is 6.43. The van der Waals surface area contributed by atoms with Gasteiger partial charge in [-0.1, -0.05) is 37.3 Å². The first-order valence-electron chi connectivity index (χ1n) is 13.3. The summed E-state index contributed by atoms with van der Waals surface area (Å²) in [5, 5.41) is 1.05. The Morgan fingerprint density at radius 3 is 2.21 bits per heavy atom. The summed E-state index contributed by atoms with van der Waals surface area (Å²) in [6, 6.07) is 7.19. The van der Waals surface area contributed by atoms with Gasteiger partial charge in [-0.25, -0.2) is 8.78 Å². The maximum Gasteiger partial charge on any atom is 0.167 e. The summed E-state index contributed by atoms with van der Waals surface area (Å²) in [5.74, 6) is 2.29. The first-order chi connectivity index (χ1) is 16.5. The maximum atomic E-state index is 15.2. The van der Waals surface area contributed by atoms with Crippen molar-refractivity contribution in [2.45, 2.75) is 78.1 Å². The van der Waals surface area contributed by atoms with E-state index in [1.54, 1.807) is 6.07 Å². The van der Waals surface area contributed by atoms with Crippen LogP contribution >= 0.6 is 0 Å². The van der Waals surface area contributed by atoms with Gasteiger partial charge in [-0.2, -0.15) is 0 Å². The number of hydrogen-bond donors (Lipinski definition) is 0. The van der Waals surface area contributed by atoms with Gasteiger partial charge in [0, 0.05) is 5.39 Å². The predicted octanol–water partition coefficient (Wildman–Crippen LogP) is 9.37. The molecule has 0 N–H and O–H groups in total. The molecule has 0 saturated heterocycles. The minimum Gasteiger partial charge on any atom is -0.490 e. The number of allylic oxidation sites excluding steroid dienone is 3. The molecule has 0 radical (unpaired) electrons. The van der Waals surface area contributed by atoms with Crippen LogP contribution in [0.2, 0.25) is 0 Å². The van der Waals surface area contributed by atoms with Crippen LogP contribution in [0.4, 0.5) is 8.78 Å². The van der Waals surface area contributed by atoms with Crippen LogP contribution in [-0.4, -0.2) is 6.61 Å². The van der Waals surface area contributed by atoms with Crippen molar-refractivity contribution < 1.29 is 13.5 Å². The topological polar surface area (TPSA) is 9.23 Å². The summed E-state index contributed by atoms with van der Waals surface area (Å²) in [5.41, 5.74) is 0.561. The Hall–Kier alpha value is -2.16. The molecule has 2 aromatic carbocycles. The van der Waals surface area contributed by atoms with Gasteiger partial charge in [-0.3, -0.25) is 0 Å². The minimum absolute atomic E-state index is 0.110. The summed E-state index contributed by atoms with van der Waals surface area (Å²) in [7, 11) is 0. The molecular weight excluding hydrogens is 426 g/mol. The van der Waals surface area contributed by atoms with Gasteiger partial charge < -0.3 is 4.74 Å². The van der Waals surface area contributed by atoms with E-state index < -0.39 is 11.6 Å². The summed E-state index contributed by atoms with van der Waals surface area (Å²) in [4.78, 5) is 0. The highest BCUT2D eigenvalue weighted by molar-refractivity contribution is 5.85. The predicted molar refractivity (Wildman–Crippen MR) is 138 cm³/mol. The van der Waals surface area contributed by atoms with E-state index in [1.807, 2.05) is 37.3 Å². The van der Waals surface area contributed by atoms with Crippen LogP contribution in [-0.2, 0) is 0 Å². The van der Waals surface area contributed by atoms with Crippen molar-refractivity contribution in [1.82, 2.24) is 0 Å². The van der Waals surface area contributed by atoms with E-state index in [-0.39, 0.29) is 5.92 Å². The van der Waals surface area contributed by atoms with Crippen molar-refractivity contribution >= 4 is 10.8 Å². The zero-order chi connectivity index (χ0) is 24.1. The zero-order valence-electron chi connectivity index (χ0n) is 21.0. The standard InChI is InChI=1S/C31H40F2O/c1-4-6-18-34-27-17-16-26-19-28(30(32)31(33)29(26)20-27)25-14-12-24(13-15-25)21(3)23-10-8-22(7-5-2)9-11-23/h4-7,16-17,19-25H,8-15,18H2,1-3H3/b6-4+,7-5+. The van der Waals surface area contributed by atoms with Crippen LogP contribution in [0.15, 0.2) is 48.6 Å². The normalized spacial score (nSPS) is 27.0. The Bertz CT molecular complexity index is 1010. The van der Waals surface area contributed by atoms with Crippen molar-refractivity contribution in [1.29, 1.82) is 0 Å². The molecule has 0 bridgehead atoms. The Labute approximate surface area is 204 Å². The first-order valence-corrected chi connectivity index (χ1v) is 13.3. The van der Waals surface area contributed by atoms with Gasteiger partial charge in [0.05, 0.1) is 0 Å². The average molecular weight is 467 g/mol. The van der Waals surface area contributed by atoms with Crippen molar-refractivity contribution in [2.75, 3.05) is 6.61 Å². The summed E-state index contributed by atoms with van der Waals surface area (Å²) in [6.45, 7) is 6.90.